The highest BCUT2D eigenvalue weighted by molar-refractivity contribution is 7.89. The molecule has 1 aliphatic heterocycles. The second-order valence-corrected chi connectivity index (χ2v) is 11.3. The van der Waals surface area contributed by atoms with Crippen LogP contribution in [0.5, 0.6) is 5.75 Å². The summed E-state index contributed by atoms with van der Waals surface area (Å²) < 4.78 is 32.9. The lowest BCUT2D eigenvalue weighted by molar-refractivity contribution is -0.155. The summed E-state index contributed by atoms with van der Waals surface area (Å²) in [5, 5.41) is 12.9. The molecule has 0 aliphatic carbocycles. The van der Waals surface area contributed by atoms with Gasteiger partial charge in [0.25, 0.3) is 0 Å². The van der Waals surface area contributed by atoms with Crippen molar-refractivity contribution in [3.63, 3.8) is 0 Å². The number of carboxylic acids is 1. The Morgan fingerprint density at radius 2 is 1.81 bits per heavy atom. The van der Waals surface area contributed by atoms with Crippen molar-refractivity contribution < 1.29 is 32.6 Å². The summed E-state index contributed by atoms with van der Waals surface area (Å²) in [5.41, 5.74) is 1.18. The Morgan fingerprint density at radius 3 is 2.38 bits per heavy atom. The highest BCUT2D eigenvalue weighted by atomic mass is 32.2. The fourth-order valence-electron chi connectivity index (χ4n) is 4.47. The molecule has 3 atom stereocenters. The van der Waals surface area contributed by atoms with Crippen LogP contribution >= 0.6 is 0 Å². The number of carboxylic acid groups (broad SMARTS) is 1. The van der Waals surface area contributed by atoms with Gasteiger partial charge in [0.05, 0.1) is 10.9 Å². The molecule has 37 heavy (non-hydrogen) atoms. The van der Waals surface area contributed by atoms with E-state index < -0.39 is 45.9 Å². The van der Waals surface area contributed by atoms with Crippen molar-refractivity contribution in [2.75, 3.05) is 13.7 Å². The molecule has 10 nitrogen and oxygen atoms in total. The fraction of sp³-hybridized carbons (Fsp3) is 0.423. The van der Waals surface area contributed by atoms with Gasteiger partial charge in [0, 0.05) is 18.9 Å². The predicted octanol–water partition coefficient (Wildman–Crippen LogP) is 2.10. The number of amides is 2. The van der Waals surface area contributed by atoms with E-state index in [0.717, 1.165) is 5.56 Å². The number of nitrogens with one attached hydrogen (secondary N) is 2. The number of benzene rings is 2. The van der Waals surface area contributed by atoms with E-state index in [1.165, 1.54) is 37.1 Å². The zero-order valence-corrected chi connectivity index (χ0v) is 22.1. The highest BCUT2D eigenvalue weighted by Gasteiger charge is 2.43. The molecule has 2 aromatic rings. The van der Waals surface area contributed by atoms with Crippen LogP contribution < -0.4 is 14.8 Å². The number of carbonyl (C=O) groups is 3. The number of fused-ring (bicyclic) bond motifs is 1. The van der Waals surface area contributed by atoms with Gasteiger partial charge in [-0.1, -0.05) is 44.2 Å². The molecule has 0 spiro atoms. The number of rotatable bonds is 11. The van der Waals surface area contributed by atoms with E-state index in [1.807, 2.05) is 44.2 Å². The predicted molar refractivity (Wildman–Crippen MR) is 136 cm³/mol. The van der Waals surface area contributed by atoms with Gasteiger partial charge in [-0.25, -0.2) is 17.9 Å². The number of hydrogen-bond acceptors (Lipinski definition) is 6. The minimum absolute atomic E-state index is 0.0323. The van der Waals surface area contributed by atoms with Gasteiger partial charge in [-0.05, 0) is 43.1 Å². The molecule has 200 valence electrons. The Hall–Kier alpha value is -3.44. The lowest BCUT2D eigenvalue weighted by Gasteiger charge is -2.37. The van der Waals surface area contributed by atoms with Crippen molar-refractivity contribution in [2.45, 2.75) is 56.6 Å². The molecule has 1 unspecified atom stereocenters. The van der Waals surface area contributed by atoms with E-state index in [1.54, 1.807) is 0 Å². The first-order valence-electron chi connectivity index (χ1n) is 12.0. The van der Waals surface area contributed by atoms with E-state index >= 15 is 0 Å². The monoisotopic (exact) mass is 531 g/mol. The van der Waals surface area contributed by atoms with Crippen LogP contribution in [-0.2, 0) is 30.8 Å². The van der Waals surface area contributed by atoms with Crippen LogP contribution in [0.4, 0.5) is 0 Å². The van der Waals surface area contributed by atoms with Gasteiger partial charge in [0.15, 0.2) is 0 Å². The summed E-state index contributed by atoms with van der Waals surface area (Å²) in [5.74, 6) is -1.92. The molecular formula is C26H33N3O7S. The van der Waals surface area contributed by atoms with Crippen LogP contribution in [0.2, 0.25) is 0 Å². The molecule has 0 fully saturated rings. The molecule has 0 aromatic heterocycles. The van der Waals surface area contributed by atoms with Gasteiger partial charge in [0.2, 0.25) is 21.8 Å². The van der Waals surface area contributed by atoms with E-state index in [2.05, 4.69) is 10.0 Å². The Balaban J connectivity index is 2.12. The summed E-state index contributed by atoms with van der Waals surface area (Å²) >= 11 is 0. The van der Waals surface area contributed by atoms with Crippen molar-refractivity contribution in [1.82, 2.24) is 14.9 Å². The molecule has 0 saturated carbocycles. The second kappa shape index (κ2) is 11.7. The Bertz CT molecular complexity index is 1250. The molecule has 2 amide bonds. The number of ether oxygens (including phenoxy) is 1. The molecular weight excluding hydrogens is 498 g/mol. The van der Waals surface area contributed by atoms with Crippen LogP contribution in [0.25, 0.3) is 0 Å². The van der Waals surface area contributed by atoms with E-state index in [0.29, 0.717) is 11.3 Å². The first kappa shape index (κ1) is 28.1. The smallest absolute Gasteiger partial charge is 0.326 e. The number of sulfonamides is 1. The van der Waals surface area contributed by atoms with Crippen molar-refractivity contribution >= 4 is 27.8 Å². The second-order valence-electron chi connectivity index (χ2n) is 9.41. The lowest BCUT2D eigenvalue weighted by atomic mass is 9.96. The first-order valence-corrected chi connectivity index (χ1v) is 13.5. The average Bonchev–Trinajstić information content (AvgIpc) is 3.26. The van der Waals surface area contributed by atoms with Crippen molar-refractivity contribution in [3.8, 4) is 5.75 Å². The van der Waals surface area contributed by atoms with Crippen molar-refractivity contribution in [2.24, 2.45) is 5.92 Å². The Kier molecular flexibility index (Phi) is 8.93. The van der Waals surface area contributed by atoms with Crippen LogP contribution in [-0.4, -0.2) is 61.9 Å². The van der Waals surface area contributed by atoms with Gasteiger partial charge in [-0.2, -0.15) is 0 Å². The number of hydrogen-bond donors (Lipinski definition) is 3. The molecule has 0 saturated heterocycles. The minimum atomic E-state index is -3.80. The van der Waals surface area contributed by atoms with Gasteiger partial charge in [-0.15, -0.1) is 0 Å². The molecule has 2 aromatic carbocycles. The van der Waals surface area contributed by atoms with Crippen LogP contribution in [0.3, 0.4) is 0 Å². The summed E-state index contributed by atoms with van der Waals surface area (Å²) in [6.07, 6.45) is 0.303. The van der Waals surface area contributed by atoms with Gasteiger partial charge in [0.1, 0.15) is 24.4 Å². The lowest BCUT2D eigenvalue weighted by Crippen LogP contribution is -2.56. The zero-order valence-electron chi connectivity index (χ0n) is 21.3. The quantitative estimate of drug-likeness (QED) is 0.403. The SMILES string of the molecule is CNS(=O)(=O)c1ccc2c(c1)[C@H](N(C(=O)C(Cc1ccccc1)NC(C)=O)[C@@H](CC(C)C)C(=O)O)CO2. The van der Waals surface area contributed by atoms with Crippen LogP contribution in [0, 0.1) is 5.92 Å². The molecule has 1 aliphatic rings. The zero-order chi connectivity index (χ0) is 27.3. The summed E-state index contributed by atoms with van der Waals surface area (Å²) in [6, 6.07) is 10.2. The summed E-state index contributed by atoms with van der Waals surface area (Å²) in [6.45, 7) is 4.94. The molecule has 0 radical (unpaired) electrons. The third-order valence-electron chi connectivity index (χ3n) is 6.18. The number of carbonyl (C=O) groups excluding carboxylic acids is 2. The largest absolute Gasteiger partial charge is 0.491 e. The molecule has 3 rings (SSSR count). The van der Waals surface area contributed by atoms with Gasteiger partial charge in [-0.3, -0.25) is 9.59 Å². The maximum atomic E-state index is 14.1. The van der Waals surface area contributed by atoms with Crippen LogP contribution in [0.1, 0.15) is 44.4 Å². The fourth-order valence-corrected chi connectivity index (χ4v) is 5.24. The van der Waals surface area contributed by atoms with Gasteiger partial charge >= 0.3 is 5.97 Å². The Labute approximate surface area is 217 Å². The van der Waals surface area contributed by atoms with Crippen molar-refractivity contribution in [3.05, 3.63) is 59.7 Å². The number of aliphatic carboxylic acids is 1. The Morgan fingerprint density at radius 1 is 1.14 bits per heavy atom. The highest BCUT2D eigenvalue weighted by Crippen LogP contribution is 2.39. The first-order chi connectivity index (χ1) is 17.4. The third kappa shape index (κ3) is 6.66. The topological polar surface area (TPSA) is 142 Å². The average molecular weight is 532 g/mol. The maximum Gasteiger partial charge on any atom is 0.326 e. The minimum Gasteiger partial charge on any atom is -0.491 e. The standard InChI is InChI=1S/C26H33N3O7S/c1-16(2)12-22(26(32)33)29(25(31)21(28-17(3)30)13-18-8-6-5-7-9-18)23-15-36-24-11-10-19(14-20(23)24)37(34,35)27-4/h5-11,14,16,21-23,27H,12-13,15H2,1-4H3,(H,28,30)(H,32,33)/t21?,22-,23+/m0/s1. The molecule has 3 N–H and O–H groups in total. The van der Waals surface area contributed by atoms with Crippen LogP contribution in [0.15, 0.2) is 53.4 Å². The molecule has 11 heteroatoms. The summed E-state index contributed by atoms with van der Waals surface area (Å²) in [4.78, 5) is 39.9. The number of nitrogens with zero attached hydrogens (tertiary/aromatic N) is 1. The maximum absolute atomic E-state index is 14.1. The van der Waals surface area contributed by atoms with Crippen molar-refractivity contribution in [1.29, 1.82) is 0 Å². The van der Waals surface area contributed by atoms with E-state index in [-0.39, 0.29) is 30.3 Å². The van der Waals surface area contributed by atoms with E-state index in [9.17, 15) is 27.9 Å². The molecule has 0 bridgehead atoms. The third-order valence-corrected chi connectivity index (χ3v) is 7.59. The summed E-state index contributed by atoms with van der Waals surface area (Å²) in [7, 11) is -2.51. The normalized spacial score (nSPS) is 16.4. The molecule has 1 heterocycles. The van der Waals surface area contributed by atoms with E-state index in [4.69, 9.17) is 4.74 Å². The van der Waals surface area contributed by atoms with Gasteiger partial charge < -0.3 is 20.1 Å².